The Morgan fingerprint density at radius 3 is 2.86 bits per heavy atom. The molecular formula is C15H17FN4S. The summed E-state index contributed by atoms with van der Waals surface area (Å²) >= 11 is 1.53. The lowest BCUT2D eigenvalue weighted by Crippen LogP contribution is -2.04. The average molecular weight is 304 g/mol. The monoisotopic (exact) mass is 304 g/mol. The van der Waals surface area contributed by atoms with Gasteiger partial charge in [0, 0.05) is 11.9 Å². The van der Waals surface area contributed by atoms with E-state index < -0.39 is 0 Å². The van der Waals surface area contributed by atoms with Crippen molar-refractivity contribution in [3.05, 3.63) is 34.4 Å². The van der Waals surface area contributed by atoms with Gasteiger partial charge in [0.2, 0.25) is 0 Å². The number of aromatic nitrogens is 3. The van der Waals surface area contributed by atoms with Crippen molar-refractivity contribution < 1.29 is 4.39 Å². The molecule has 0 spiro atoms. The molecule has 0 aliphatic carbocycles. The Kier molecular flexibility index (Phi) is 3.73. The summed E-state index contributed by atoms with van der Waals surface area (Å²) in [5, 5.41) is 2.84. The molecule has 1 aromatic carbocycles. The average Bonchev–Trinajstić information content (AvgIpc) is 3.04. The predicted octanol–water partition coefficient (Wildman–Crippen LogP) is 3.73. The van der Waals surface area contributed by atoms with Crippen molar-refractivity contribution >= 4 is 22.4 Å². The zero-order chi connectivity index (χ0) is 15.0. The largest absolute Gasteiger partial charge is 0.323 e. The molecule has 1 atom stereocenters. The minimum Gasteiger partial charge on any atom is -0.323 e. The first-order chi connectivity index (χ1) is 10.1. The Hall–Kier alpha value is -1.79. The molecule has 4 nitrogen and oxygen atoms in total. The van der Waals surface area contributed by atoms with Gasteiger partial charge in [-0.3, -0.25) is 0 Å². The van der Waals surface area contributed by atoms with E-state index >= 15 is 0 Å². The third-order valence-electron chi connectivity index (χ3n) is 3.30. The summed E-state index contributed by atoms with van der Waals surface area (Å²) in [7, 11) is 0. The van der Waals surface area contributed by atoms with Gasteiger partial charge in [0.05, 0.1) is 17.1 Å². The molecule has 21 heavy (non-hydrogen) atoms. The molecule has 3 rings (SSSR count). The summed E-state index contributed by atoms with van der Waals surface area (Å²) in [4.78, 5) is 9.17. The van der Waals surface area contributed by atoms with E-state index in [0.29, 0.717) is 0 Å². The maximum absolute atomic E-state index is 13.5. The second-order valence-electron chi connectivity index (χ2n) is 5.08. The number of benzene rings is 1. The predicted molar refractivity (Wildman–Crippen MR) is 83.7 cm³/mol. The number of nitrogens with two attached hydrogens (primary N) is 1. The minimum atomic E-state index is -0.249. The lowest BCUT2D eigenvalue weighted by atomic mass is 10.3. The van der Waals surface area contributed by atoms with E-state index in [9.17, 15) is 4.39 Å². The lowest BCUT2D eigenvalue weighted by molar-refractivity contribution is 0.627. The fourth-order valence-corrected chi connectivity index (χ4v) is 3.10. The number of hydrogen-bond acceptors (Lipinski definition) is 4. The highest BCUT2D eigenvalue weighted by Gasteiger charge is 2.16. The number of fused-ring (bicyclic) bond motifs is 1. The SMILES string of the molecule is CCCn1c(-c2csc(C(C)N)n2)nc2ccc(F)cc21. The Morgan fingerprint density at radius 1 is 1.38 bits per heavy atom. The summed E-state index contributed by atoms with van der Waals surface area (Å²) in [6, 6.07) is 4.58. The first-order valence-electron chi connectivity index (χ1n) is 6.97. The van der Waals surface area contributed by atoms with Gasteiger partial charge in [-0.25, -0.2) is 14.4 Å². The smallest absolute Gasteiger partial charge is 0.160 e. The van der Waals surface area contributed by atoms with E-state index in [2.05, 4.69) is 16.9 Å². The second kappa shape index (κ2) is 5.54. The van der Waals surface area contributed by atoms with E-state index in [-0.39, 0.29) is 11.9 Å². The number of aryl methyl sites for hydroxylation is 1. The van der Waals surface area contributed by atoms with Crippen LogP contribution in [-0.2, 0) is 6.54 Å². The van der Waals surface area contributed by atoms with Crippen LogP contribution in [0.2, 0.25) is 0 Å². The molecule has 0 saturated carbocycles. The Bertz CT molecular complexity index is 775. The highest BCUT2D eigenvalue weighted by atomic mass is 32.1. The molecule has 0 saturated heterocycles. The van der Waals surface area contributed by atoms with Crippen LogP contribution in [0, 0.1) is 5.82 Å². The first-order valence-corrected chi connectivity index (χ1v) is 7.85. The molecule has 0 fully saturated rings. The van der Waals surface area contributed by atoms with Gasteiger partial charge in [-0.2, -0.15) is 0 Å². The normalized spacial score (nSPS) is 13.0. The molecule has 0 aliphatic rings. The van der Waals surface area contributed by atoms with Gasteiger partial charge in [-0.15, -0.1) is 11.3 Å². The van der Waals surface area contributed by atoms with Gasteiger partial charge in [0.25, 0.3) is 0 Å². The first kappa shape index (κ1) is 14.2. The topological polar surface area (TPSA) is 56.7 Å². The zero-order valence-electron chi connectivity index (χ0n) is 12.0. The van der Waals surface area contributed by atoms with Gasteiger partial charge in [0.15, 0.2) is 5.82 Å². The zero-order valence-corrected chi connectivity index (χ0v) is 12.8. The third kappa shape index (κ3) is 2.56. The highest BCUT2D eigenvalue weighted by molar-refractivity contribution is 7.10. The summed E-state index contributed by atoms with van der Waals surface area (Å²) in [6.07, 6.45) is 0.944. The third-order valence-corrected chi connectivity index (χ3v) is 4.34. The van der Waals surface area contributed by atoms with Gasteiger partial charge in [-0.05, 0) is 31.5 Å². The molecule has 0 aliphatic heterocycles. The summed E-state index contributed by atoms with van der Waals surface area (Å²) in [5.41, 5.74) is 8.27. The van der Waals surface area contributed by atoms with Crippen LogP contribution in [0.4, 0.5) is 4.39 Å². The summed E-state index contributed by atoms with van der Waals surface area (Å²) in [5.74, 6) is 0.529. The number of thiazole rings is 1. The van der Waals surface area contributed by atoms with Crippen LogP contribution in [0.25, 0.3) is 22.6 Å². The molecule has 6 heteroatoms. The number of nitrogens with zero attached hydrogens (tertiary/aromatic N) is 3. The van der Waals surface area contributed by atoms with Crippen molar-refractivity contribution in [2.45, 2.75) is 32.9 Å². The van der Waals surface area contributed by atoms with Crippen LogP contribution in [0.5, 0.6) is 0 Å². The van der Waals surface area contributed by atoms with E-state index in [1.165, 1.54) is 23.5 Å². The molecule has 3 aromatic rings. The summed E-state index contributed by atoms with van der Waals surface area (Å²) < 4.78 is 15.5. The van der Waals surface area contributed by atoms with Crippen LogP contribution in [0.3, 0.4) is 0 Å². The minimum absolute atomic E-state index is 0.0924. The molecule has 2 aromatic heterocycles. The Morgan fingerprint density at radius 2 is 2.19 bits per heavy atom. The highest BCUT2D eigenvalue weighted by Crippen LogP contribution is 2.28. The van der Waals surface area contributed by atoms with Gasteiger partial charge < -0.3 is 10.3 Å². The van der Waals surface area contributed by atoms with Crippen molar-refractivity contribution in [1.29, 1.82) is 0 Å². The molecule has 0 bridgehead atoms. The van der Waals surface area contributed by atoms with E-state index in [1.807, 2.05) is 16.9 Å². The fraction of sp³-hybridized carbons (Fsp3) is 0.333. The van der Waals surface area contributed by atoms with Crippen LogP contribution < -0.4 is 5.73 Å². The van der Waals surface area contributed by atoms with E-state index in [4.69, 9.17) is 5.73 Å². The van der Waals surface area contributed by atoms with Crippen LogP contribution in [0.15, 0.2) is 23.6 Å². The number of halogens is 1. The molecule has 0 amide bonds. The lowest BCUT2D eigenvalue weighted by Gasteiger charge is -2.06. The Labute approximate surface area is 126 Å². The molecule has 0 radical (unpaired) electrons. The van der Waals surface area contributed by atoms with Crippen molar-refractivity contribution in [2.75, 3.05) is 0 Å². The molecule has 2 N–H and O–H groups in total. The molecule has 110 valence electrons. The maximum Gasteiger partial charge on any atom is 0.160 e. The fourth-order valence-electron chi connectivity index (χ4n) is 2.34. The van der Waals surface area contributed by atoms with Crippen LogP contribution in [0.1, 0.15) is 31.3 Å². The molecule has 2 heterocycles. The number of hydrogen-bond donors (Lipinski definition) is 1. The number of imidazole rings is 1. The van der Waals surface area contributed by atoms with Gasteiger partial charge in [0.1, 0.15) is 16.5 Å². The Balaban J connectivity index is 2.18. The maximum atomic E-state index is 13.5. The second-order valence-corrected chi connectivity index (χ2v) is 5.97. The van der Waals surface area contributed by atoms with Crippen molar-refractivity contribution in [3.63, 3.8) is 0 Å². The number of rotatable bonds is 4. The van der Waals surface area contributed by atoms with Gasteiger partial charge in [-0.1, -0.05) is 6.92 Å². The molecular weight excluding hydrogens is 287 g/mol. The van der Waals surface area contributed by atoms with Crippen LogP contribution >= 0.6 is 11.3 Å². The van der Waals surface area contributed by atoms with E-state index in [0.717, 1.165) is 40.5 Å². The van der Waals surface area contributed by atoms with Gasteiger partial charge >= 0.3 is 0 Å². The quantitative estimate of drug-likeness (QED) is 0.799. The van der Waals surface area contributed by atoms with Crippen LogP contribution in [-0.4, -0.2) is 14.5 Å². The van der Waals surface area contributed by atoms with E-state index in [1.54, 1.807) is 6.07 Å². The van der Waals surface area contributed by atoms with Crippen molar-refractivity contribution in [1.82, 2.24) is 14.5 Å². The molecule has 1 unspecified atom stereocenters. The summed E-state index contributed by atoms with van der Waals surface area (Å²) in [6.45, 7) is 4.77. The van der Waals surface area contributed by atoms with Crippen molar-refractivity contribution in [3.8, 4) is 11.5 Å². The standard InChI is InChI=1S/C15H17FN4S/c1-3-6-20-13-7-10(16)4-5-11(13)18-14(20)12-8-21-15(19-12)9(2)17/h4-5,7-9H,3,6,17H2,1-2H3. The van der Waals surface area contributed by atoms with Crippen molar-refractivity contribution in [2.24, 2.45) is 5.73 Å².